The van der Waals surface area contributed by atoms with Crippen molar-refractivity contribution in [3.63, 3.8) is 0 Å². The molecule has 2 amide bonds. The monoisotopic (exact) mass is 542 g/mol. The quantitative estimate of drug-likeness (QED) is 0.385. The van der Waals surface area contributed by atoms with Crippen molar-refractivity contribution in [3.8, 4) is 17.3 Å². The van der Waals surface area contributed by atoms with Gasteiger partial charge in [0, 0.05) is 24.9 Å². The second-order valence-electron chi connectivity index (χ2n) is 9.53. The van der Waals surface area contributed by atoms with Gasteiger partial charge in [-0.2, -0.15) is 10.4 Å². The first-order chi connectivity index (χ1) is 18.8. The van der Waals surface area contributed by atoms with Crippen molar-refractivity contribution in [2.24, 2.45) is 11.8 Å². The standard InChI is InChI=1S/C27H20ClFN8O2/c1-14(16-3-5-23(32-8-16)36-12-17-6-19(17)27(36)39)37-13-18(9-33-37)34-26(38)22-11-31-10-21(35-22)24-15(7-30)2-4-20(28)25(24)29/h2-5,8-11,13-14,17,19H,6,12H2,1H3,(H,34,38)/t14-,17+,19+/m0/s1. The molecule has 1 aromatic carbocycles. The zero-order valence-electron chi connectivity index (χ0n) is 20.5. The molecular formula is C27H20ClFN8O2. The van der Waals surface area contributed by atoms with Crippen molar-refractivity contribution in [2.45, 2.75) is 19.4 Å². The fraction of sp³-hybridized carbons (Fsp3) is 0.222. The summed E-state index contributed by atoms with van der Waals surface area (Å²) in [6.45, 7) is 2.67. The summed E-state index contributed by atoms with van der Waals surface area (Å²) in [6.07, 6.45) is 8.37. The molecule has 1 saturated carbocycles. The van der Waals surface area contributed by atoms with Gasteiger partial charge >= 0.3 is 0 Å². The van der Waals surface area contributed by atoms with Crippen LogP contribution in [0.4, 0.5) is 15.9 Å². The maximum absolute atomic E-state index is 14.7. The number of carbonyl (C=O) groups excluding carboxylic acids is 2. The van der Waals surface area contributed by atoms with Crippen molar-refractivity contribution >= 4 is 34.9 Å². The van der Waals surface area contributed by atoms with Gasteiger partial charge in [0.05, 0.1) is 58.2 Å². The van der Waals surface area contributed by atoms with Gasteiger partial charge in [0.1, 0.15) is 11.5 Å². The fourth-order valence-corrected chi connectivity index (χ4v) is 4.90. The predicted octanol–water partition coefficient (Wildman–Crippen LogP) is 4.24. The van der Waals surface area contributed by atoms with Crippen molar-refractivity contribution in [1.82, 2.24) is 24.7 Å². The average molecular weight is 543 g/mol. The summed E-state index contributed by atoms with van der Waals surface area (Å²) in [5.74, 6) is 0.0427. The van der Waals surface area contributed by atoms with Crippen LogP contribution in [0, 0.1) is 29.0 Å². The molecule has 6 rings (SSSR count). The Bertz CT molecular complexity index is 1670. The lowest BCUT2D eigenvalue weighted by molar-refractivity contribution is -0.118. The summed E-state index contributed by atoms with van der Waals surface area (Å²) in [4.78, 5) is 39.6. The van der Waals surface area contributed by atoms with Gasteiger partial charge in [-0.3, -0.25) is 24.2 Å². The number of nitrogens with zero attached hydrogens (tertiary/aromatic N) is 7. The maximum atomic E-state index is 14.7. The number of pyridine rings is 1. The van der Waals surface area contributed by atoms with Crippen molar-refractivity contribution in [2.75, 3.05) is 16.8 Å². The third-order valence-corrected chi connectivity index (χ3v) is 7.34. The van der Waals surface area contributed by atoms with E-state index in [9.17, 15) is 19.2 Å². The van der Waals surface area contributed by atoms with Crippen LogP contribution in [0.1, 0.15) is 41.0 Å². The number of rotatable bonds is 6. The van der Waals surface area contributed by atoms with E-state index in [4.69, 9.17) is 11.6 Å². The molecule has 0 radical (unpaired) electrons. The predicted molar refractivity (Wildman–Crippen MR) is 139 cm³/mol. The van der Waals surface area contributed by atoms with Gasteiger partial charge in [0.2, 0.25) is 5.91 Å². The molecule has 0 bridgehead atoms. The summed E-state index contributed by atoms with van der Waals surface area (Å²) < 4.78 is 16.4. The molecule has 1 saturated heterocycles. The second-order valence-corrected chi connectivity index (χ2v) is 9.93. The Balaban J connectivity index is 1.16. The highest BCUT2D eigenvalue weighted by Crippen LogP contribution is 2.47. The molecule has 1 N–H and O–H groups in total. The van der Waals surface area contributed by atoms with E-state index in [2.05, 4.69) is 25.4 Å². The van der Waals surface area contributed by atoms with E-state index < -0.39 is 11.7 Å². The van der Waals surface area contributed by atoms with E-state index in [1.165, 1.54) is 30.7 Å². The molecule has 1 aliphatic carbocycles. The SMILES string of the molecule is C[C@@H](c1ccc(N2C[C@H]3C[C@H]3C2=O)nc1)n1cc(NC(=O)c2cncc(-c3c(C#N)ccc(Cl)c3F)n2)cn1. The molecule has 1 aliphatic heterocycles. The molecular weight excluding hydrogens is 523 g/mol. The Kier molecular flexibility index (Phi) is 6.04. The Morgan fingerprint density at radius 2 is 2.08 bits per heavy atom. The number of nitriles is 1. The van der Waals surface area contributed by atoms with Crippen LogP contribution in [-0.2, 0) is 4.79 Å². The van der Waals surface area contributed by atoms with Crippen LogP contribution in [0.2, 0.25) is 5.02 Å². The van der Waals surface area contributed by atoms with Crippen LogP contribution in [0.5, 0.6) is 0 Å². The van der Waals surface area contributed by atoms with Gasteiger partial charge in [0.25, 0.3) is 5.91 Å². The lowest BCUT2D eigenvalue weighted by atomic mass is 10.0. The number of benzene rings is 1. The zero-order chi connectivity index (χ0) is 27.3. The molecule has 4 aromatic rings. The Morgan fingerprint density at radius 1 is 1.23 bits per heavy atom. The largest absolute Gasteiger partial charge is 0.318 e. The van der Waals surface area contributed by atoms with Crippen molar-refractivity contribution < 1.29 is 14.0 Å². The van der Waals surface area contributed by atoms with Crippen LogP contribution >= 0.6 is 11.6 Å². The topological polar surface area (TPSA) is 130 Å². The summed E-state index contributed by atoms with van der Waals surface area (Å²) in [7, 11) is 0. The van der Waals surface area contributed by atoms with Crippen LogP contribution in [-0.4, -0.2) is 43.1 Å². The molecule has 2 aliphatic rings. The van der Waals surface area contributed by atoms with Crippen molar-refractivity contribution in [3.05, 3.63) is 82.9 Å². The molecule has 4 heterocycles. The molecule has 3 atom stereocenters. The van der Waals surface area contributed by atoms with E-state index in [0.717, 1.165) is 18.5 Å². The molecule has 12 heteroatoms. The summed E-state index contributed by atoms with van der Waals surface area (Å²) in [5, 5.41) is 16.3. The van der Waals surface area contributed by atoms with E-state index in [-0.39, 0.29) is 45.4 Å². The highest BCUT2D eigenvalue weighted by Gasteiger charge is 2.52. The van der Waals surface area contributed by atoms with Crippen LogP contribution in [0.15, 0.2) is 55.2 Å². The van der Waals surface area contributed by atoms with Crippen molar-refractivity contribution in [1.29, 1.82) is 5.26 Å². The summed E-state index contributed by atoms with van der Waals surface area (Å²) in [6, 6.07) is 8.11. The van der Waals surface area contributed by atoms with Gasteiger partial charge in [-0.25, -0.2) is 14.4 Å². The first-order valence-electron chi connectivity index (χ1n) is 12.2. The number of aromatic nitrogens is 5. The molecule has 194 valence electrons. The number of carbonyl (C=O) groups is 2. The van der Waals surface area contributed by atoms with Gasteiger partial charge in [0.15, 0.2) is 5.82 Å². The molecule has 2 fully saturated rings. The lowest BCUT2D eigenvalue weighted by Gasteiger charge is -2.18. The number of piperidine rings is 1. The van der Waals surface area contributed by atoms with Gasteiger partial charge in [-0.1, -0.05) is 17.7 Å². The minimum absolute atomic E-state index is 0.00660. The Labute approximate surface area is 227 Å². The molecule has 10 nitrogen and oxygen atoms in total. The number of anilines is 2. The number of amides is 2. The summed E-state index contributed by atoms with van der Waals surface area (Å²) >= 11 is 5.88. The van der Waals surface area contributed by atoms with Gasteiger partial charge < -0.3 is 5.32 Å². The molecule has 3 aromatic heterocycles. The highest BCUT2D eigenvalue weighted by atomic mass is 35.5. The van der Waals surface area contributed by atoms with Crippen LogP contribution in [0.3, 0.4) is 0 Å². The second kappa shape index (κ2) is 9.56. The number of nitrogens with one attached hydrogen (secondary N) is 1. The van der Waals surface area contributed by atoms with Crippen LogP contribution in [0.25, 0.3) is 11.3 Å². The van der Waals surface area contributed by atoms with Gasteiger partial charge in [-0.05, 0) is 43.0 Å². The first kappa shape index (κ1) is 24.6. The van der Waals surface area contributed by atoms with E-state index in [1.54, 1.807) is 22.0 Å². The smallest absolute Gasteiger partial charge is 0.275 e. The normalized spacial score (nSPS) is 18.4. The number of fused-ring (bicyclic) bond motifs is 1. The van der Waals surface area contributed by atoms with Gasteiger partial charge in [-0.15, -0.1) is 0 Å². The van der Waals surface area contributed by atoms with E-state index in [0.29, 0.717) is 17.4 Å². The Morgan fingerprint density at radius 3 is 2.79 bits per heavy atom. The number of hydrogen-bond donors (Lipinski definition) is 1. The van der Waals surface area contributed by atoms with Crippen LogP contribution < -0.4 is 10.2 Å². The third-order valence-electron chi connectivity index (χ3n) is 7.05. The maximum Gasteiger partial charge on any atom is 0.275 e. The highest BCUT2D eigenvalue weighted by molar-refractivity contribution is 6.31. The Hall–Kier alpha value is -4.69. The minimum Gasteiger partial charge on any atom is -0.318 e. The molecule has 0 spiro atoms. The molecule has 0 unspecified atom stereocenters. The number of hydrogen-bond acceptors (Lipinski definition) is 7. The lowest BCUT2D eigenvalue weighted by Crippen LogP contribution is -2.28. The first-order valence-corrected chi connectivity index (χ1v) is 12.5. The third kappa shape index (κ3) is 4.49. The summed E-state index contributed by atoms with van der Waals surface area (Å²) in [5.41, 5.74) is 1.12. The number of halogens is 2. The zero-order valence-corrected chi connectivity index (χ0v) is 21.3. The average Bonchev–Trinajstić information content (AvgIpc) is 3.46. The minimum atomic E-state index is -0.816. The fourth-order valence-electron chi connectivity index (χ4n) is 4.74. The van der Waals surface area contributed by atoms with E-state index >= 15 is 0 Å². The van der Waals surface area contributed by atoms with E-state index in [1.807, 2.05) is 25.1 Å². The molecule has 39 heavy (non-hydrogen) atoms.